The Hall–Kier alpha value is -2.83. The normalized spacial score (nSPS) is 19.1. The fraction of sp³-hybridized carbons (Fsp3) is 0.269. The third-order valence-electron chi connectivity index (χ3n) is 5.85. The Labute approximate surface area is 175 Å². The highest BCUT2D eigenvalue weighted by Crippen LogP contribution is 2.40. The van der Waals surface area contributed by atoms with Gasteiger partial charge < -0.3 is 4.74 Å². The summed E-state index contributed by atoms with van der Waals surface area (Å²) in [6, 6.07) is 18.3. The number of esters is 1. The van der Waals surface area contributed by atoms with E-state index < -0.39 is 5.60 Å². The number of allylic oxidation sites excluding steroid dienone is 1. The molecule has 2 nitrogen and oxygen atoms in total. The Morgan fingerprint density at radius 1 is 1.17 bits per heavy atom. The summed E-state index contributed by atoms with van der Waals surface area (Å²) in [6.45, 7) is 3.93. The lowest BCUT2D eigenvalue weighted by atomic mass is 9.77. The number of thiophene rings is 1. The van der Waals surface area contributed by atoms with Crippen LogP contribution in [-0.2, 0) is 4.74 Å². The summed E-state index contributed by atoms with van der Waals surface area (Å²) in [5, 5.41) is 3.49. The lowest BCUT2D eigenvalue weighted by molar-refractivity contribution is -0.00497. The molecule has 4 rings (SSSR count). The number of hydrogen-bond acceptors (Lipinski definition) is 2. The summed E-state index contributed by atoms with van der Waals surface area (Å²) in [4.78, 5) is 14.0. The van der Waals surface area contributed by atoms with E-state index in [0.29, 0.717) is 5.56 Å². The van der Waals surface area contributed by atoms with Crippen LogP contribution in [-0.4, -0.2) is 11.6 Å². The minimum Gasteiger partial charge on any atom is -0.442 e. The molecule has 29 heavy (non-hydrogen) atoms. The largest absolute Gasteiger partial charge is 0.442 e. The molecule has 0 saturated heterocycles. The number of rotatable bonds is 4. The Morgan fingerprint density at radius 2 is 1.93 bits per heavy atom. The summed E-state index contributed by atoms with van der Waals surface area (Å²) in [6.07, 6.45) is 11.1. The second-order valence-electron chi connectivity index (χ2n) is 7.78. The van der Waals surface area contributed by atoms with Crippen molar-refractivity contribution in [3.8, 4) is 17.2 Å². The highest BCUT2D eigenvalue weighted by Gasteiger charge is 2.38. The topological polar surface area (TPSA) is 26.3 Å². The lowest BCUT2D eigenvalue weighted by Gasteiger charge is -2.35. The summed E-state index contributed by atoms with van der Waals surface area (Å²) in [5.41, 5.74) is 0.825. The van der Waals surface area contributed by atoms with Gasteiger partial charge in [0, 0.05) is 27.8 Å². The first-order chi connectivity index (χ1) is 14.0. The smallest absolute Gasteiger partial charge is 0.339 e. The third kappa shape index (κ3) is 3.73. The van der Waals surface area contributed by atoms with Gasteiger partial charge in [0.05, 0.1) is 5.56 Å². The van der Waals surface area contributed by atoms with Crippen molar-refractivity contribution in [3.05, 3.63) is 77.2 Å². The maximum absolute atomic E-state index is 12.9. The van der Waals surface area contributed by atoms with Crippen molar-refractivity contribution >= 4 is 26.5 Å². The fourth-order valence-corrected chi connectivity index (χ4v) is 6.05. The van der Waals surface area contributed by atoms with E-state index in [1.54, 1.807) is 0 Å². The molecule has 0 bridgehead atoms. The van der Waals surface area contributed by atoms with Gasteiger partial charge in [-0.25, -0.2) is 4.79 Å². The number of carbonyl (C=O) groups is 1. The van der Waals surface area contributed by atoms with Gasteiger partial charge in [-0.3, -0.25) is 0 Å². The van der Waals surface area contributed by atoms with Crippen LogP contribution in [0.5, 0.6) is 0 Å². The second-order valence-corrected chi connectivity index (χ2v) is 9.63. The summed E-state index contributed by atoms with van der Waals surface area (Å²) >= 11 is 0. The number of fused-ring (bicyclic) bond motifs is 1. The maximum Gasteiger partial charge on any atom is 0.339 e. The molecule has 1 aliphatic carbocycles. The quantitative estimate of drug-likeness (QED) is 0.206. The fourth-order valence-electron chi connectivity index (χ4n) is 4.16. The van der Waals surface area contributed by atoms with Crippen LogP contribution in [0.3, 0.4) is 0 Å². The van der Waals surface area contributed by atoms with Gasteiger partial charge in [0.1, 0.15) is 5.38 Å². The molecule has 0 amide bonds. The molecule has 3 heteroatoms. The van der Waals surface area contributed by atoms with Gasteiger partial charge in [-0.1, -0.05) is 29.7 Å². The zero-order chi connectivity index (χ0) is 20.4. The van der Waals surface area contributed by atoms with Gasteiger partial charge in [0.25, 0.3) is 0 Å². The summed E-state index contributed by atoms with van der Waals surface area (Å²) in [5.74, 6) is 2.47. The highest BCUT2D eigenvalue weighted by atomic mass is 32.2. The van der Waals surface area contributed by atoms with E-state index in [9.17, 15) is 4.79 Å². The van der Waals surface area contributed by atoms with Crippen molar-refractivity contribution < 1.29 is 9.53 Å². The number of hydrogen-bond donors (Lipinski definition) is 0. The molecule has 0 spiro atoms. The molecule has 3 unspecified atom stereocenters. The second kappa shape index (κ2) is 7.89. The van der Waals surface area contributed by atoms with Crippen LogP contribution in [0.15, 0.2) is 71.6 Å². The summed E-state index contributed by atoms with van der Waals surface area (Å²) < 4.78 is 7.20. The van der Waals surface area contributed by atoms with Crippen molar-refractivity contribution in [1.29, 1.82) is 0 Å². The standard InChI is InChI=1S/C26H25O2S/c1-4-26(3,23-11-7-5-9-19(23)2)28-25(27)21-13-15-22(16-14-21)29-18-17-20-10-6-8-12-24(20)29/h1,6,8-10,12-18,23H,5,7,11H2,2-3H3/q+1. The molecule has 3 atom stereocenters. The van der Waals surface area contributed by atoms with Gasteiger partial charge in [-0.15, -0.1) is 6.42 Å². The molecule has 0 aliphatic heterocycles. The van der Waals surface area contributed by atoms with Crippen LogP contribution in [0.4, 0.5) is 0 Å². The molecule has 1 heterocycles. The Bertz CT molecular complexity index is 1110. The van der Waals surface area contributed by atoms with Crippen LogP contribution < -0.4 is 0 Å². The Morgan fingerprint density at radius 3 is 2.66 bits per heavy atom. The predicted octanol–water partition coefficient (Wildman–Crippen LogP) is 6.87. The highest BCUT2D eigenvalue weighted by molar-refractivity contribution is 7.43. The van der Waals surface area contributed by atoms with E-state index in [1.165, 1.54) is 20.6 Å². The van der Waals surface area contributed by atoms with Crippen LogP contribution in [0.2, 0.25) is 0 Å². The van der Waals surface area contributed by atoms with E-state index in [-0.39, 0.29) is 22.4 Å². The van der Waals surface area contributed by atoms with Crippen LogP contribution in [0, 0.1) is 18.3 Å². The number of terminal acetylenes is 1. The van der Waals surface area contributed by atoms with Crippen molar-refractivity contribution in [3.63, 3.8) is 0 Å². The van der Waals surface area contributed by atoms with Crippen LogP contribution in [0.1, 0.15) is 43.5 Å². The first-order valence-corrected chi connectivity index (χ1v) is 11.3. The van der Waals surface area contributed by atoms with E-state index in [1.807, 2.05) is 31.2 Å². The molecule has 1 aliphatic rings. The van der Waals surface area contributed by atoms with Crippen LogP contribution in [0.25, 0.3) is 15.0 Å². The lowest BCUT2D eigenvalue weighted by Crippen LogP contribution is -2.40. The molecule has 0 fully saturated rings. The van der Waals surface area contributed by atoms with Gasteiger partial charge in [-0.05, 0) is 69.5 Å². The third-order valence-corrected chi connectivity index (χ3v) is 7.89. The first-order valence-electron chi connectivity index (χ1n) is 10.00. The molecule has 1 aromatic heterocycles. The SMILES string of the molecule is C#CC(C)(OC(=O)c1ccc(-[s+]2ccc3ccccc32)cc1)C1CCCC=C1C. The maximum atomic E-state index is 12.9. The van der Waals surface area contributed by atoms with E-state index in [2.05, 4.69) is 54.6 Å². The van der Waals surface area contributed by atoms with Crippen molar-refractivity contribution in [2.75, 3.05) is 0 Å². The number of benzene rings is 2. The average Bonchev–Trinajstić information content (AvgIpc) is 3.18. The zero-order valence-corrected chi connectivity index (χ0v) is 17.7. The molecular formula is C26H25O2S+. The van der Waals surface area contributed by atoms with Crippen molar-refractivity contribution in [2.45, 2.75) is 38.7 Å². The molecule has 146 valence electrons. The molecule has 2 aromatic carbocycles. The monoisotopic (exact) mass is 401 g/mol. The molecule has 0 N–H and O–H groups in total. The first kappa shape index (κ1) is 19.5. The predicted molar refractivity (Wildman–Crippen MR) is 122 cm³/mol. The van der Waals surface area contributed by atoms with Crippen molar-refractivity contribution in [1.82, 2.24) is 0 Å². The molecule has 3 aromatic rings. The van der Waals surface area contributed by atoms with E-state index >= 15 is 0 Å². The van der Waals surface area contributed by atoms with Gasteiger partial charge in [-0.2, -0.15) is 0 Å². The minimum absolute atomic E-state index is 0.0751. The Kier molecular flexibility index (Phi) is 5.30. The van der Waals surface area contributed by atoms with Gasteiger partial charge in [0.2, 0.25) is 0 Å². The summed E-state index contributed by atoms with van der Waals surface area (Å²) in [7, 11) is -0.0888. The van der Waals surface area contributed by atoms with Gasteiger partial charge >= 0.3 is 5.97 Å². The number of carbonyl (C=O) groups excluding carboxylic acids is 1. The number of ether oxygens (including phenoxy) is 1. The molecule has 0 radical (unpaired) electrons. The van der Waals surface area contributed by atoms with E-state index in [4.69, 9.17) is 11.2 Å². The van der Waals surface area contributed by atoms with E-state index in [0.717, 1.165) is 19.3 Å². The minimum atomic E-state index is -0.925. The zero-order valence-electron chi connectivity index (χ0n) is 16.9. The van der Waals surface area contributed by atoms with Crippen molar-refractivity contribution in [2.24, 2.45) is 5.92 Å². The molecule has 0 saturated carbocycles. The average molecular weight is 402 g/mol. The Balaban J connectivity index is 1.56. The van der Waals surface area contributed by atoms with Gasteiger partial charge in [0.15, 0.2) is 15.2 Å². The molecular weight excluding hydrogens is 376 g/mol. The van der Waals surface area contributed by atoms with Crippen LogP contribution >= 0.6 is 10.5 Å².